The first-order chi connectivity index (χ1) is 12.1. The standard InChI is InChI=1S/C23H28N2O/c1-15-10-8-9-11-19(15)21-25-24-20(26-21)16-12-17(22(2,3)4)14-18(13-16)23(5,6)7/h8-14H,1-7H3. The van der Waals surface area contributed by atoms with Crippen molar-refractivity contribution in [2.45, 2.75) is 59.3 Å². The highest BCUT2D eigenvalue weighted by Gasteiger charge is 2.22. The van der Waals surface area contributed by atoms with Crippen LogP contribution in [0.1, 0.15) is 58.2 Å². The predicted molar refractivity (Wildman–Crippen MR) is 107 cm³/mol. The molecule has 3 aromatic rings. The molecule has 3 heteroatoms. The molecular weight excluding hydrogens is 320 g/mol. The van der Waals surface area contributed by atoms with Crippen LogP contribution in [0.3, 0.4) is 0 Å². The van der Waals surface area contributed by atoms with Gasteiger partial charge in [0.1, 0.15) is 0 Å². The van der Waals surface area contributed by atoms with Crippen LogP contribution in [-0.4, -0.2) is 10.2 Å². The first kappa shape index (κ1) is 18.4. The van der Waals surface area contributed by atoms with Gasteiger partial charge < -0.3 is 4.42 Å². The van der Waals surface area contributed by atoms with Crippen molar-refractivity contribution < 1.29 is 4.42 Å². The summed E-state index contributed by atoms with van der Waals surface area (Å²) in [7, 11) is 0. The van der Waals surface area contributed by atoms with Crippen LogP contribution in [0, 0.1) is 6.92 Å². The summed E-state index contributed by atoms with van der Waals surface area (Å²) in [5, 5.41) is 8.62. The van der Waals surface area contributed by atoms with Gasteiger partial charge in [-0.3, -0.25) is 0 Å². The summed E-state index contributed by atoms with van der Waals surface area (Å²) in [4.78, 5) is 0. The van der Waals surface area contributed by atoms with Gasteiger partial charge in [0.05, 0.1) is 0 Å². The van der Waals surface area contributed by atoms with E-state index in [0.29, 0.717) is 11.8 Å². The SMILES string of the molecule is Cc1ccccc1-c1nnc(-c2cc(C(C)(C)C)cc(C(C)(C)C)c2)o1. The Morgan fingerprint density at radius 1 is 0.731 bits per heavy atom. The van der Waals surface area contributed by atoms with E-state index in [2.05, 4.69) is 82.9 Å². The lowest BCUT2D eigenvalue weighted by Gasteiger charge is -2.25. The summed E-state index contributed by atoms with van der Waals surface area (Å²) in [5.41, 5.74) is 5.74. The normalized spacial score (nSPS) is 12.4. The zero-order chi connectivity index (χ0) is 19.1. The molecule has 3 nitrogen and oxygen atoms in total. The molecule has 0 spiro atoms. The van der Waals surface area contributed by atoms with E-state index in [1.807, 2.05) is 18.2 Å². The van der Waals surface area contributed by atoms with Crippen molar-refractivity contribution in [1.29, 1.82) is 0 Å². The van der Waals surface area contributed by atoms with E-state index in [9.17, 15) is 0 Å². The number of nitrogens with zero attached hydrogens (tertiary/aromatic N) is 2. The Balaban J connectivity index is 2.11. The first-order valence-corrected chi connectivity index (χ1v) is 9.11. The summed E-state index contributed by atoms with van der Waals surface area (Å²) in [6, 6.07) is 14.7. The fraction of sp³-hybridized carbons (Fsp3) is 0.391. The van der Waals surface area contributed by atoms with Crippen LogP contribution in [0.15, 0.2) is 46.9 Å². The average Bonchev–Trinajstić information content (AvgIpc) is 3.03. The molecule has 0 N–H and O–H groups in total. The third-order valence-electron chi connectivity index (χ3n) is 4.71. The fourth-order valence-electron chi connectivity index (χ4n) is 2.88. The molecule has 1 aromatic heterocycles. The lowest BCUT2D eigenvalue weighted by atomic mass is 9.79. The van der Waals surface area contributed by atoms with Crippen molar-refractivity contribution in [3.05, 3.63) is 59.2 Å². The number of aryl methyl sites for hydroxylation is 1. The topological polar surface area (TPSA) is 38.9 Å². The van der Waals surface area contributed by atoms with Crippen LogP contribution < -0.4 is 0 Å². The molecule has 26 heavy (non-hydrogen) atoms. The molecule has 2 aromatic carbocycles. The zero-order valence-corrected chi connectivity index (χ0v) is 16.8. The summed E-state index contributed by atoms with van der Waals surface area (Å²) < 4.78 is 6.05. The Morgan fingerprint density at radius 2 is 1.27 bits per heavy atom. The van der Waals surface area contributed by atoms with Crippen molar-refractivity contribution in [3.63, 3.8) is 0 Å². The third-order valence-corrected chi connectivity index (χ3v) is 4.71. The second kappa shape index (κ2) is 6.39. The second-order valence-electron chi connectivity index (χ2n) is 9.03. The molecule has 0 atom stereocenters. The van der Waals surface area contributed by atoms with Crippen LogP contribution in [0.2, 0.25) is 0 Å². The average molecular weight is 348 g/mol. The zero-order valence-electron chi connectivity index (χ0n) is 16.8. The van der Waals surface area contributed by atoms with Gasteiger partial charge in [-0.25, -0.2) is 0 Å². The van der Waals surface area contributed by atoms with Gasteiger partial charge in [0.15, 0.2) is 0 Å². The van der Waals surface area contributed by atoms with Gasteiger partial charge >= 0.3 is 0 Å². The summed E-state index contributed by atoms with van der Waals surface area (Å²) in [6.45, 7) is 15.4. The van der Waals surface area contributed by atoms with Crippen LogP contribution >= 0.6 is 0 Å². The predicted octanol–water partition coefficient (Wildman–Crippen LogP) is 6.31. The molecule has 0 unspecified atom stereocenters. The lowest BCUT2D eigenvalue weighted by molar-refractivity contribution is 0.564. The molecule has 3 rings (SSSR count). The molecule has 0 aliphatic carbocycles. The van der Waals surface area contributed by atoms with E-state index >= 15 is 0 Å². The molecule has 136 valence electrons. The molecule has 0 fully saturated rings. The van der Waals surface area contributed by atoms with E-state index in [1.54, 1.807) is 0 Å². The molecule has 0 saturated carbocycles. The van der Waals surface area contributed by atoms with Crippen molar-refractivity contribution in [2.75, 3.05) is 0 Å². The van der Waals surface area contributed by atoms with E-state index in [0.717, 1.165) is 16.7 Å². The van der Waals surface area contributed by atoms with Crippen molar-refractivity contribution in [3.8, 4) is 22.9 Å². The molecular formula is C23H28N2O. The van der Waals surface area contributed by atoms with E-state index in [1.165, 1.54) is 11.1 Å². The lowest BCUT2D eigenvalue weighted by Crippen LogP contribution is -2.16. The van der Waals surface area contributed by atoms with Gasteiger partial charge in [0.25, 0.3) is 0 Å². The molecule has 0 radical (unpaired) electrons. The van der Waals surface area contributed by atoms with E-state index in [4.69, 9.17) is 4.42 Å². The molecule has 0 amide bonds. The Bertz CT molecular complexity index is 892. The fourth-order valence-corrected chi connectivity index (χ4v) is 2.88. The van der Waals surface area contributed by atoms with Crippen LogP contribution in [0.5, 0.6) is 0 Å². The largest absolute Gasteiger partial charge is 0.416 e. The number of aromatic nitrogens is 2. The maximum atomic E-state index is 6.05. The Labute approximate surface area is 156 Å². The van der Waals surface area contributed by atoms with Crippen molar-refractivity contribution in [2.24, 2.45) is 0 Å². The van der Waals surface area contributed by atoms with Gasteiger partial charge in [-0.05, 0) is 52.6 Å². The van der Waals surface area contributed by atoms with Crippen LogP contribution in [0.25, 0.3) is 22.9 Å². The van der Waals surface area contributed by atoms with E-state index in [-0.39, 0.29) is 10.8 Å². The minimum Gasteiger partial charge on any atom is -0.416 e. The van der Waals surface area contributed by atoms with Crippen molar-refractivity contribution in [1.82, 2.24) is 10.2 Å². The third kappa shape index (κ3) is 3.72. The molecule has 1 heterocycles. The Hall–Kier alpha value is -2.42. The summed E-state index contributed by atoms with van der Waals surface area (Å²) in [6.07, 6.45) is 0. The van der Waals surface area contributed by atoms with Gasteiger partial charge in [0, 0.05) is 11.1 Å². The quantitative estimate of drug-likeness (QED) is 0.545. The highest BCUT2D eigenvalue weighted by Crippen LogP contribution is 2.34. The number of hydrogen-bond acceptors (Lipinski definition) is 3. The van der Waals surface area contributed by atoms with Crippen LogP contribution in [0.4, 0.5) is 0 Å². The maximum Gasteiger partial charge on any atom is 0.248 e. The minimum atomic E-state index is 0.0505. The maximum absolute atomic E-state index is 6.05. The second-order valence-corrected chi connectivity index (χ2v) is 9.03. The summed E-state index contributed by atoms with van der Waals surface area (Å²) in [5.74, 6) is 1.14. The smallest absolute Gasteiger partial charge is 0.248 e. The minimum absolute atomic E-state index is 0.0505. The molecule has 0 saturated heterocycles. The molecule has 0 aliphatic heterocycles. The van der Waals surface area contributed by atoms with Gasteiger partial charge in [0.2, 0.25) is 11.8 Å². The van der Waals surface area contributed by atoms with Crippen molar-refractivity contribution >= 4 is 0 Å². The number of benzene rings is 2. The monoisotopic (exact) mass is 348 g/mol. The molecule has 0 bridgehead atoms. The highest BCUT2D eigenvalue weighted by atomic mass is 16.4. The van der Waals surface area contributed by atoms with Gasteiger partial charge in [-0.15, -0.1) is 10.2 Å². The van der Waals surface area contributed by atoms with E-state index < -0.39 is 0 Å². The highest BCUT2D eigenvalue weighted by molar-refractivity contribution is 5.62. The number of hydrogen-bond donors (Lipinski definition) is 0. The van der Waals surface area contributed by atoms with Crippen LogP contribution in [-0.2, 0) is 10.8 Å². The summed E-state index contributed by atoms with van der Waals surface area (Å²) >= 11 is 0. The number of rotatable bonds is 2. The molecule has 0 aliphatic rings. The first-order valence-electron chi connectivity index (χ1n) is 9.11. The van der Waals surface area contributed by atoms with Gasteiger partial charge in [-0.2, -0.15) is 0 Å². The Kier molecular flexibility index (Phi) is 4.51. The Morgan fingerprint density at radius 3 is 1.81 bits per heavy atom. The van der Waals surface area contributed by atoms with Gasteiger partial charge in [-0.1, -0.05) is 65.8 Å².